The van der Waals surface area contributed by atoms with Crippen molar-refractivity contribution in [2.45, 2.75) is 12.8 Å². The van der Waals surface area contributed by atoms with Gasteiger partial charge in [0.2, 0.25) is 5.91 Å². The highest BCUT2D eigenvalue weighted by Gasteiger charge is 2.15. The number of rotatable bonds is 4. The average molecular weight is 270 g/mol. The van der Waals surface area contributed by atoms with Crippen LogP contribution in [-0.2, 0) is 4.79 Å². The van der Waals surface area contributed by atoms with Gasteiger partial charge in [0.25, 0.3) is 0 Å². The van der Waals surface area contributed by atoms with E-state index < -0.39 is 5.97 Å². The van der Waals surface area contributed by atoms with Crippen LogP contribution in [0.5, 0.6) is 0 Å². The third kappa shape index (κ3) is 3.20. The first-order chi connectivity index (χ1) is 9.58. The maximum atomic E-state index is 12.1. The van der Waals surface area contributed by atoms with Gasteiger partial charge in [0.1, 0.15) is 5.82 Å². The molecular formula is C15H14N2O3. The molecule has 0 aliphatic rings. The lowest BCUT2D eigenvalue weighted by molar-refractivity contribution is -0.117. The van der Waals surface area contributed by atoms with Gasteiger partial charge in [-0.15, -0.1) is 0 Å². The Bertz CT molecular complexity index is 609. The summed E-state index contributed by atoms with van der Waals surface area (Å²) in [5.74, 6) is -1.21. The van der Waals surface area contributed by atoms with Crippen LogP contribution in [0.2, 0.25) is 0 Å². The molecule has 0 radical (unpaired) electrons. The minimum absolute atomic E-state index is 0.0825. The summed E-state index contributed by atoms with van der Waals surface area (Å²) < 4.78 is 0. The lowest BCUT2D eigenvalue weighted by Crippen LogP contribution is -2.19. The van der Waals surface area contributed by atoms with Crippen LogP contribution >= 0.6 is 0 Å². The first-order valence-corrected chi connectivity index (χ1v) is 6.13. The molecule has 0 saturated heterocycles. The van der Waals surface area contributed by atoms with E-state index in [-0.39, 0.29) is 17.4 Å². The molecular weight excluding hydrogens is 256 g/mol. The fourth-order valence-electron chi connectivity index (χ4n) is 1.72. The number of hydrogen-bond acceptors (Lipinski definition) is 3. The van der Waals surface area contributed by atoms with Crippen LogP contribution in [0.4, 0.5) is 5.82 Å². The molecule has 1 atom stereocenters. The van der Waals surface area contributed by atoms with Gasteiger partial charge in [-0.2, -0.15) is 0 Å². The van der Waals surface area contributed by atoms with Crippen LogP contribution < -0.4 is 5.32 Å². The number of benzene rings is 1. The number of anilines is 1. The van der Waals surface area contributed by atoms with E-state index >= 15 is 0 Å². The van der Waals surface area contributed by atoms with E-state index in [0.717, 1.165) is 5.56 Å². The SMILES string of the molecule is CC(C(=O)Nc1ccc(C(=O)O)cn1)c1ccccc1. The zero-order valence-electron chi connectivity index (χ0n) is 10.9. The first-order valence-electron chi connectivity index (χ1n) is 6.13. The Hall–Kier alpha value is -2.69. The molecule has 0 spiro atoms. The topological polar surface area (TPSA) is 79.3 Å². The summed E-state index contributed by atoms with van der Waals surface area (Å²) in [6.45, 7) is 1.80. The number of aromatic nitrogens is 1. The highest BCUT2D eigenvalue weighted by atomic mass is 16.4. The third-order valence-electron chi connectivity index (χ3n) is 2.95. The predicted octanol–water partition coefficient (Wildman–Crippen LogP) is 2.52. The van der Waals surface area contributed by atoms with Gasteiger partial charge in [-0.1, -0.05) is 30.3 Å². The number of carboxylic acids is 1. The van der Waals surface area contributed by atoms with Crippen molar-refractivity contribution in [1.82, 2.24) is 4.98 Å². The Morgan fingerprint density at radius 3 is 2.40 bits per heavy atom. The van der Waals surface area contributed by atoms with Crippen molar-refractivity contribution in [3.63, 3.8) is 0 Å². The van der Waals surface area contributed by atoms with Crippen molar-refractivity contribution in [2.24, 2.45) is 0 Å². The van der Waals surface area contributed by atoms with Crippen LogP contribution in [0.25, 0.3) is 0 Å². The van der Waals surface area contributed by atoms with Crippen molar-refractivity contribution in [3.8, 4) is 0 Å². The summed E-state index contributed by atoms with van der Waals surface area (Å²) in [5, 5.41) is 11.4. The highest BCUT2D eigenvalue weighted by Crippen LogP contribution is 2.16. The predicted molar refractivity (Wildman–Crippen MR) is 74.7 cm³/mol. The summed E-state index contributed by atoms with van der Waals surface area (Å²) >= 11 is 0. The second kappa shape index (κ2) is 5.97. The van der Waals surface area contributed by atoms with Gasteiger partial charge < -0.3 is 10.4 Å². The molecule has 1 heterocycles. The largest absolute Gasteiger partial charge is 0.478 e. The van der Waals surface area contributed by atoms with Crippen LogP contribution in [0.1, 0.15) is 28.8 Å². The number of hydrogen-bond donors (Lipinski definition) is 2. The van der Waals surface area contributed by atoms with Crippen molar-refractivity contribution < 1.29 is 14.7 Å². The maximum Gasteiger partial charge on any atom is 0.337 e. The van der Waals surface area contributed by atoms with E-state index in [1.54, 1.807) is 6.92 Å². The van der Waals surface area contributed by atoms with Gasteiger partial charge in [-0.25, -0.2) is 9.78 Å². The van der Waals surface area contributed by atoms with Gasteiger partial charge in [-0.3, -0.25) is 4.79 Å². The summed E-state index contributed by atoms with van der Waals surface area (Å²) in [7, 11) is 0. The number of pyridine rings is 1. The van der Waals surface area contributed by atoms with Crippen LogP contribution in [0, 0.1) is 0 Å². The Morgan fingerprint density at radius 2 is 1.85 bits per heavy atom. The molecule has 5 heteroatoms. The zero-order chi connectivity index (χ0) is 14.5. The molecule has 5 nitrogen and oxygen atoms in total. The standard InChI is InChI=1S/C15H14N2O3/c1-10(11-5-3-2-4-6-11)14(18)17-13-8-7-12(9-16-13)15(19)20/h2-10H,1H3,(H,19,20)(H,16,17,18). The number of aromatic carboxylic acids is 1. The molecule has 1 amide bonds. The van der Waals surface area contributed by atoms with E-state index in [9.17, 15) is 9.59 Å². The second-order valence-electron chi connectivity index (χ2n) is 4.36. The fraction of sp³-hybridized carbons (Fsp3) is 0.133. The smallest absolute Gasteiger partial charge is 0.337 e. The molecule has 20 heavy (non-hydrogen) atoms. The monoisotopic (exact) mass is 270 g/mol. The number of nitrogens with zero attached hydrogens (tertiary/aromatic N) is 1. The molecule has 1 aromatic carbocycles. The summed E-state index contributed by atoms with van der Waals surface area (Å²) in [6, 6.07) is 12.3. The van der Waals surface area contributed by atoms with Crippen LogP contribution in [0.15, 0.2) is 48.7 Å². The molecule has 0 fully saturated rings. The van der Waals surface area contributed by atoms with Crippen LogP contribution in [-0.4, -0.2) is 22.0 Å². The number of nitrogens with one attached hydrogen (secondary N) is 1. The van der Waals surface area contributed by atoms with E-state index in [4.69, 9.17) is 5.11 Å². The van der Waals surface area contributed by atoms with Crippen molar-refractivity contribution in [3.05, 3.63) is 59.8 Å². The summed E-state index contributed by atoms with van der Waals surface area (Å²) in [5.41, 5.74) is 0.992. The van der Waals surface area contributed by atoms with E-state index in [1.807, 2.05) is 30.3 Å². The molecule has 0 bridgehead atoms. The van der Waals surface area contributed by atoms with E-state index in [2.05, 4.69) is 10.3 Å². The Balaban J connectivity index is 2.06. The number of carbonyl (C=O) groups excluding carboxylic acids is 1. The minimum atomic E-state index is -1.05. The quantitative estimate of drug-likeness (QED) is 0.894. The number of amides is 1. The maximum absolute atomic E-state index is 12.1. The van der Waals surface area contributed by atoms with Gasteiger partial charge in [0.05, 0.1) is 11.5 Å². The lowest BCUT2D eigenvalue weighted by Gasteiger charge is -2.12. The first kappa shape index (κ1) is 13.7. The Kier molecular flexibility index (Phi) is 4.10. The summed E-state index contributed by atoms with van der Waals surface area (Å²) in [4.78, 5) is 26.7. The second-order valence-corrected chi connectivity index (χ2v) is 4.36. The van der Waals surface area contributed by atoms with Gasteiger partial charge in [-0.05, 0) is 24.6 Å². The molecule has 102 valence electrons. The molecule has 0 saturated carbocycles. The summed E-state index contributed by atoms with van der Waals surface area (Å²) in [6.07, 6.45) is 1.21. The number of carboxylic acid groups (broad SMARTS) is 1. The van der Waals surface area contributed by atoms with Crippen molar-refractivity contribution in [1.29, 1.82) is 0 Å². The fourth-order valence-corrected chi connectivity index (χ4v) is 1.72. The lowest BCUT2D eigenvalue weighted by atomic mass is 10.0. The van der Waals surface area contributed by atoms with Crippen molar-refractivity contribution in [2.75, 3.05) is 5.32 Å². The average Bonchev–Trinajstić information content (AvgIpc) is 2.48. The van der Waals surface area contributed by atoms with Gasteiger partial charge in [0, 0.05) is 6.20 Å². The van der Waals surface area contributed by atoms with Crippen molar-refractivity contribution >= 4 is 17.7 Å². The Morgan fingerprint density at radius 1 is 1.15 bits per heavy atom. The third-order valence-corrected chi connectivity index (χ3v) is 2.95. The van der Waals surface area contributed by atoms with E-state index in [0.29, 0.717) is 5.82 Å². The molecule has 1 unspecified atom stereocenters. The molecule has 0 aliphatic heterocycles. The molecule has 2 rings (SSSR count). The molecule has 2 N–H and O–H groups in total. The highest BCUT2D eigenvalue weighted by molar-refractivity contribution is 5.95. The van der Waals surface area contributed by atoms with E-state index in [1.165, 1.54) is 18.3 Å². The molecule has 2 aromatic rings. The Labute approximate surface area is 116 Å². The van der Waals surface area contributed by atoms with Gasteiger partial charge >= 0.3 is 5.97 Å². The van der Waals surface area contributed by atoms with Gasteiger partial charge in [0.15, 0.2) is 0 Å². The zero-order valence-corrected chi connectivity index (χ0v) is 10.9. The number of carbonyl (C=O) groups is 2. The molecule has 1 aromatic heterocycles. The van der Waals surface area contributed by atoms with Crippen LogP contribution in [0.3, 0.4) is 0 Å². The minimum Gasteiger partial charge on any atom is -0.478 e. The normalized spacial score (nSPS) is 11.7. The molecule has 0 aliphatic carbocycles.